The van der Waals surface area contributed by atoms with Crippen LogP contribution in [0.25, 0.3) is 21.5 Å². The van der Waals surface area contributed by atoms with Crippen LogP contribution in [0.4, 0.5) is 0 Å². The third-order valence-corrected chi connectivity index (χ3v) is 4.91. The minimum atomic E-state index is -0.316. The third-order valence-electron chi connectivity index (χ3n) is 4.38. The van der Waals surface area contributed by atoms with Crippen LogP contribution >= 0.6 is 15.9 Å². The van der Waals surface area contributed by atoms with Gasteiger partial charge in [0.05, 0.1) is 6.21 Å². The summed E-state index contributed by atoms with van der Waals surface area (Å²) in [5.41, 5.74) is 3.51. The summed E-state index contributed by atoms with van der Waals surface area (Å²) in [5.74, 6) is 0.311. The smallest absolute Gasteiger partial charge is 0.277 e. The number of hydrogen-bond donors (Lipinski definition) is 1. The summed E-state index contributed by atoms with van der Waals surface area (Å²) in [6.07, 6.45) is 1.70. The number of rotatable bonds is 5. The predicted octanol–water partition coefficient (Wildman–Crippen LogP) is 5.28. The number of fused-ring (bicyclic) bond motifs is 2. The van der Waals surface area contributed by atoms with Crippen LogP contribution in [0, 0.1) is 0 Å². The van der Waals surface area contributed by atoms with Crippen LogP contribution in [0.2, 0.25) is 0 Å². The molecule has 5 heteroatoms. The van der Waals surface area contributed by atoms with E-state index in [-0.39, 0.29) is 12.5 Å². The van der Waals surface area contributed by atoms with Crippen LogP contribution in [-0.2, 0) is 4.79 Å². The van der Waals surface area contributed by atoms with Gasteiger partial charge in [-0.2, -0.15) is 5.10 Å². The summed E-state index contributed by atoms with van der Waals surface area (Å²) < 4.78 is 6.41. The van der Waals surface area contributed by atoms with Crippen LogP contribution in [0.15, 0.2) is 88.4 Å². The number of hydrazone groups is 1. The van der Waals surface area contributed by atoms with Crippen LogP contribution in [-0.4, -0.2) is 18.7 Å². The summed E-state index contributed by atoms with van der Waals surface area (Å²) in [6, 6.07) is 25.7. The molecule has 4 nitrogen and oxygen atoms in total. The highest BCUT2D eigenvalue weighted by Gasteiger charge is 2.06. The van der Waals surface area contributed by atoms with E-state index in [1.807, 2.05) is 36.4 Å². The maximum Gasteiger partial charge on any atom is 0.277 e. The van der Waals surface area contributed by atoms with Crippen molar-refractivity contribution in [3.8, 4) is 5.75 Å². The molecule has 1 N–H and O–H groups in total. The van der Waals surface area contributed by atoms with Gasteiger partial charge in [0.25, 0.3) is 5.91 Å². The van der Waals surface area contributed by atoms with Gasteiger partial charge in [0.15, 0.2) is 6.61 Å². The molecule has 0 aliphatic rings. The number of hydrogen-bond acceptors (Lipinski definition) is 3. The molecule has 0 saturated carbocycles. The van der Waals surface area contributed by atoms with Crippen molar-refractivity contribution in [3.63, 3.8) is 0 Å². The Hall–Kier alpha value is -3.18. The van der Waals surface area contributed by atoms with Crippen LogP contribution in [0.3, 0.4) is 0 Å². The molecular weight excluding hydrogens is 416 g/mol. The van der Waals surface area contributed by atoms with E-state index in [0.29, 0.717) is 5.75 Å². The van der Waals surface area contributed by atoms with E-state index in [4.69, 9.17) is 4.74 Å². The van der Waals surface area contributed by atoms with Crippen molar-refractivity contribution in [3.05, 3.63) is 88.9 Å². The lowest BCUT2D eigenvalue weighted by atomic mass is 9.97. The van der Waals surface area contributed by atoms with Gasteiger partial charge in [-0.3, -0.25) is 4.79 Å². The van der Waals surface area contributed by atoms with Gasteiger partial charge < -0.3 is 4.74 Å². The molecule has 138 valence electrons. The number of carbonyl (C=O) groups excluding carboxylic acids is 1. The Balaban J connectivity index is 1.51. The fraction of sp³-hybridized carbons (Fsp3) is 0.0435. The molecule has 0 atom stereocenters. The Kier molecular flexibility index (Phi) is 5.35. The Morgan fingerprint density at radius 1 is 0.929 bits per heavy atom. The lowest BCUT2D eigenvalue weighted by molar-refractivity contribution is -0.123. The number of benzene rings is 4. The summed E-state index contributed by atoms with van der Waals surface area (Å²) in [7, 11) is 0. The maximum atomic E-state index is 12.0. The van der Waals surface area contributed by atoms with Crippen LogP contribution in [0.1, 0.15) is 5.56 Å². The van der Waals surface area contributed by atoms with Gasteiger partial charge in [0.2, 0.25) is 0 Å². The monoisotopic (exact) mass is 432 g/mol. The van der Waals surface area contributed by atoms with Gasteiger partial charge in [-0.25, -0.2) is 5.43 Å². The average molecular weight is 433 g/mol. The summed E-state index contributed by atoms with van der Waals surface area (Å²) in [4.78, 5) is 12.0. The molecule has 0 fully saturated rings. The van der Waals surface area contributed by atoms with Crippen molar-refractivity contribution in [1.82, 2.24) is 5.43 Å². The zero-order chi connectivity index (χ0) is 19.3. The molecule has 0 spiro atoms. The number of amides is 1. The molecule has 0 bridgehead atoms. The van der Waals surface area contributed by atoms with Crippen molar-refractivity contribution >= 4 is 49.6 Å². The van der Waals surface area contributed by atoms with E-state index in [0.717, 1.165) is 31.6 Å². The number of carbonyl (C=O) groups is 1. The minimum Gasteiger partial charge on any atom is -0.484 e. The first-order valence-corrected chi connectivity index (χ1v) is 9.61. The Labute approximate surface area is 171 Å². The topological polar surface area (TPSA) is 50.7 Å². The molecule has 0 unspecified atom stereocenters. The molecule has 1 amide bonds. The lowest BCUT2D eigenvalue weighted by Gasteiger charge is -2.08. The number of nitrogens with one attached hydrogen (secondary N) is 1. The molecule has 0 aromatic heterocycles. The second-order valence-electron chi connectivity index (χ2n) is 6.27. The molecule has 4 aromatic carbocycles. The van der Waals surface area contributed by atoms with Crippen molar-refractivity contribution in [2.24, 2.45) is 5.10 Å². The highest BCUT2D eigenvalue weighted by molar-refractivity contribution is 9.10. The predicted molar refractivity (Wildman–Crippen MR) is 117 cm³/mol. The highest BCUT2D eigenvalue weighted by Crippen LogP contribution is 2.27. The highest BCUT2D eigenvalue weighted by atomic mass is 79.9. The van der Waals surface area contributed by atoms with E-state index in [2.05, 4.69) is 56.8 Å². The summed E-state index contributed by atoms with van der Waals surface area (Å²) in [5, 5.41) is 8.60. The maximum absolute atomic E-state index is 12.0. The summed E-state index contributed by atoms with van der Waals surface area (Å²) in [6.45, 7) is -0.102. The first-order chi connectivity index (χ1) is 13.7. The van der Waals surface area contributed by atoms with Gasteiger partial charge in [-0.05, 0) is 51.9 Å². The average Bonchev–Trinajstić information content (AvgIpc) is 2.73. The van der Waals surface area contributed by atoms with Gasteiger partial charge in [0.1, 0.15) is 5.75 Å². The van der Waals surface area contributed by atoms with E-state index in [1.54, 1.807) is 18.3 Å². The van der Waals surface area contributed by atoms with Crippen molar-refractivity contribution in [2.75, 3.05) is 6.61 Å². The molecule has 0 aliphatic carbocycles. The van der Waals surface area contributed by atoms with Gasteiger partial charge in [-0.15, -0.1) is 0 Å². The van der Waals surface area contributed by atoms with Crippen LogP contribution < -0.4 is 10.2 Å². The van der Waals surface area contributed by atoms with E-state index in [9.17, 15) is 4.79 Å². The van der Waals surface area contributed by atoms with Crippen molar-refractivity contribution in [1.29, 1.82) is 0 Å². The second kappa shape index (κ2) is 8.23. The van der Waals surface area contributed by atoms with E-state index >= 15 is 0 Å². The first-order valence-electron chi connectivity index (χ1n) is 8.81. The lowest BCUT2D eigenvalue weighted by Crippen LogP contribution is -2.24. The molecule has 0 saturated heterocycles. The second-order valence-corrected chi connectivity index (χ2v) is 7.18. The normalized spacial score (nSPS) is 11.2. The SMILES string of the molecule is O=C(COc1ccc(Br)cc1)N/N=C/c1c2ccccc2cc2ccccc12. The van der Waals surface area contributed by atoms with Crippen LogP contribution in [0.5, 0.6) is 5.75 Å². The minimum absolute atomic E-state index is 0.102. The zero-order valence-corrected chi connectivity index (χ0v) is 16.5. The standard InChI is InChI=1S/C23H17BrN2O2/c24-18-9-11-19(12-10-18)28-15-23(27)26-25-14-22-20-7-3-1-5-16(20)13-17-6-2-4-8-21(17)22/h1-14H,15H2,(H,26,27)/b25-14+. The Morgan fingerprint density at radius 3 is 2.18 bits per heavy atom. The molecule has 0 aliphatic heterocycles. The molecule has 0 heterocycles. The zero-order valence-electron chi connectivity index (χ0n) is 14.9. The molecular formula is C23H17BrN2O2. The fourth-order valence-electron chi connectivity index (χ4n) is 3.07. The van der Waals surface area contributed by atoms with Gasteiger partial charge >= 0.3 is 0 Å². The fourth-order valence-corrected chi connectivity index (χ4v) is 3.33. The molecule has 0 radical (unpaired) electrons. The van der Waals surface area contributed by atoms with Gasteiger partial charge in [0, 0.05) is 10.0 Å². The molecule has 4 rings (SSSR count). The third kappa shape index (κ3) is 4.05. The van der Waals surface area contributed by atoms with Crippen molar-refractivity contribution in [2.45, 2.75) is 0 Å². The van der Waals surface area contributed by atoms with E-state index in [1.165, 1.54) is 0 Å². The number of halogens is 1. The summed E-state index contributed by atoms with van der Waals surface area (Å²) >= 11 is 3.36. The van der Waals surface area contributed by atoms with E-state index < -0.39 is 0 Å². The Morgan fingerprint density at radius 2 is 1.54 bits per heavy atom. The van der Waals surface area contributed by atoms with Crippen molar-refractivity contribution < 1.29 is 9.53 Å². The first kappa shape index (κ1) is 18.2. The Bertz CT molecular complexity index is 1120. The molecule has 28 heavy (non-hydrogen) atoms. The number of ether oxygens (including phenoxy) is 1. The van der Waals surface area contributed by atoms with Gasteiger partial charge in [-0.1, -0.05) is 64.5 Å². The number of nitrogens with zero attached hydrogens (tertiary/aromatic N) is 1. The quantitative estimate of drug-likeness (QED) is 0.264. The largest absolute Gasteiger partial charge is 0.484 e. The molecule has 4 aromatic rings.